The maximum atomic E-state index is 13.0. The normalized spacial score (nSPS) is 18.1. The summed E-state index contributed by atoms with van der Waals surface area (Å²) >= 11 is 0. The van der Waals surface area contributed by atoms with Gasteiger partial charge in [-0.1, -0.05) is 6.07 Å². The van der Waals surface area contributed by atoms with E-state index in [1.165, 1.54) is 6.20 Å². The second-order valence-electron chi connectivity index (χ2n) is 10.3. The van der Waals surface area contributed by atoms with Crippen molar-refractivity contribution in [3.8, 4) is 0 Å². The molecular weight excluding hydrogens is 387 g/mol. The van der Waals surface area contributed by atoms with E-state index in [0.29, 0.717) is 5.46 Å². The number of aromatic nitrogens is 1. The zero-order chi connectivity index (χ0) is 23.1. The molecule has 1 aromatic rings. The van der Waals surface area contributed by atoms with Gasteiger partial charge < -0.3 is 18.8 Å². The van der Waals surface area contributed by atoms with Crippen LogP contribution in [0.15, 0.2) is 18.3 Å². The van der Waals surface area contributed by atoms with Crippen molar-refractivity contribution < 1.29 is 28.4 Å². The summed E-state index contributed by atoms with van der Waals surface area (Å²) in [5, 5.41) is 0. The fourth-order valence-corrected chi connectivity index (χ4v) is 2.61. The third kappa shape index (κ3) is 5.52. The number of hydrogen-bond acceptors (Lipinski definition) is 7. The third-order valence-corrected chi connectivity index (χ3v) is 4.69. The second-order valence-corrected chi connectivity index (χ2v) is 10.3. The summed E-state index contributed by atoms with van der Waals surface area (Å²) < 4.78 is 23.1. The number of pyridine rings is 1. The molecular formula is C21H33BN2O6. The van der Waals surface area contributed by atoms with Crippen molar-refractivity contribution in [2.75, 3.05) is 4.90 Å². The van der Waals surface area contributed by atoms with Gasteiger partial charge in [-0.15, -0.1) is 0 Å². The molecule has 1 aliphatic heterocycles. The Kier molecular flexibility index (Phi) is 6.32. The quantitative estimate of drug-likeness (QED) is 0.667. The van der Waals surface area contributed by atoms with E-state index in [-0.39, 0.29) is 5.82 Å². The number of carbonyl (C=O) groups is 2. The molecule has 0 aromatic carbocycles. The van der Waals surface area contributed by atoms with Crippen LogP contribution in [-0.4, -0.2) is 46.7 Å². The van der Waals surface area contributed by atoms with Crippen molar-refractivity contribution in [3.05, 3.63) is 18.3 Å². The predicted octanol–water partition coefficient (Wildman–Crippen LogP) is 4.06. The number of amides is 2. The number of nitrogens with zero attached hydrogens (tertiary/aromatic N) is 2. The molecule has 2 amide bonds. The van der Waals surface area contributed by atoms with Gasteiger partial charge in [0.2, 0.25) is 0 Å². The topological polar surface area (TPSA) is 87.2 Å². The number of anilines is 1. The van der Waals surface area contributed by atoms with E-state index < -0.39 is 41.7 Å². The first-order valence-corrected chi connectivity index (χ1v) is 10.0. The Morgan fingerprint density at radius 1 is 0.933 bits per heavy atom. The van der Waals surface area contributed by atoms with Gasteiger partial charge in [0.05, 0.1) is 11.2 Å². The zero-order valence-electron chi connectivity index (χ0n) is 19.7. The largest absolute Gasteiger partial charge is 0.498 e. The summed E-state index contributed by atoms with van der Waals surface area (Å²) in [7, 11) is -0.828. The van der Waals surface area contributed by atoms with Crippen LogP contribution in [0.4, 0.5) is 15.4 Å². The third-order valence-electron chi connectivity index (χ3n) is 4.69. The van der Waals surface area contributed by atoms with Crippen LogP contribution in [0.2, 0.25) is 0 Å². The SMILES string of the molecule is CC(C)(C)OC(=O)N(C(=O)OC(C)(C)C)c1ncccc1B1OC(C)(C)C(C)(C)O1. The Hall–Kier alpha value is -2.13. The molecule has 0 N–H and O–H groups in total. The molecule has 166 valence electrons. The maximum Gasteiger partial charge on any atom is 0.498 e. The van der Waals surface area contributed by atoms with Gasteiger partial charge >= 0.3 is 19.3 Å². The van der Waals surface area contributed by atoms with E-state index in [1.54, 1.807) is 53.7 Å². The van der Waals surface area contributed by atoms with Crippen LogP contribution in [0.1, 0.15) is 69.2 Å². The highest BCUT2D eigenvalue weighted by Gasteiger charge is 2.53. The molecule has 2 rings (SSSR count). The number of rotatable bonds is 2. The Morgan fingerprint density at radius 2 is 1.37 bits per heavy atom. The molecule has 30 heavy (non-hydrogen) atoms. The smallest absolute Gasteiger partial charge is 0.443 e. The van der Waals surface area contributed by atoms with Crippen molar-refractivity contribution in [2.24, 2.45) is 0 Å². The lowest BCUT2D eigenvalue weighted by molar-refractivity contribution is 0.00578. The van der Waals surface area contributed by atoms with Crippen LogP contribution in [-0.2, 0) is 18.8 Å². The lowest BCUT2D eigenvalue weighted by Gasteiger charge is -2.32. The zero-order valence-corrected chi connectivity index (χ0v) is 19.7. The van der Waals surface area contributed by atoms with Gasteiger partial charge in [0.15, 0.2) is 0 Å². The van der Waals surface area contributed by atoms with Gasteiger partial charge in [-0.3, -0.25) is 0 Å². The molecule has 0 saturated carbocycles. The summed E-state index contributed by atoms with van der Waals surface area (Å²) in [5.41, 5.74) is -2.43. The molecule has 1 aromatic heterocycles. The summed E-state index contributed by atoms with van der Waals surface area (Å²) in [5.74, 6) is 0.0412. The van der Waals surface area contributed by atoms with Gasteiger partial charge in [0.1, 0.15) is 17.0 Å². The van der Waals surface area contributed by atoms with Gasteiger partial charge in [0, 0.05) is 11.7 Å². The fourth-order valence-electron chi connectivity index (χ4n) is 2.61. The molecule has 1 saturated heterocycles. The van der Waals surface area contributed by atoms with E-state index >= 15 is 0 Å². The molecule has 8 nitrogen and oxygen atoms in total. The van der Waals surface area contributed by atoms with Crippen molar-refractivity contribution in [1.29, 1.82) is 0 Å². The van der Waals surface area contributed by atoms with E-state index in [2.05, 4.69) is 4.98 Å². The summed E-state index contributed by atoms with van der Waals surface area (Å²) in [6.07, 6.45) is -0.312. The molecule has 0 bridgehead atoms. The minimum atomic E-state index is -0.895. The monoisotopic (exact) mass is 420 g/mol. The minimum absolute atomic E-state index is 0.0412. The van der Waals surface area contributed by atoms with Crippen molar-refractivity contribution in [3.63, 3.8) is 0 Å². The minimum Gasteiger partial charge on any atom is -0.443 e. The van der Waals surface area contributed by atoms with Crippen molar-refractivity contribution in [2.45, 2.75) is 91.6 Å². The molecule has 0 aliphatic carbocycles. The Balaban J connectivity index is 2.52. The van der Waals surface area contributed by atoms with E-state index in [0.717, 1.165) is 4.90 Å². The summed E-state index contributed by atoms with van der Waals surface area (Å²) in [6, 6.07) is 3.39. The molecule has 1 aliphatic rings. The molecule has 0 unspecified atom stereocenters. The van der Waals surface area contributed by atoms with Crippen LogP contribution in [0.3, 0.4) is 0 Å². The van der Waals surface area contributed by atoms with Crippen molar-refractivity contribution >= 4 is 30.6 Å². The first-order chi connectivity index (χ1) is 13.4. The second kappa shape index (κ2) is 7.85. The average Bonchev–Trinajstić information content (AvgIpc) is 2.72. The highest BCUT2D eigenvalue weighted by Crippen LogP contribution is 2.37. The van der Waals surface area contributed by atoms with Crippen LogP contribution in [0.25, 0.3) is 0 Å². The predicted molar refractivity (Wildman–Crippen MR) is 115 cm³/mol. The van der Waals surface area contributed by atoms with E-state index in [4.69, 9.17) is 18.8 Å². The number of carbonyl (C=O) groups excluding carboxylic acids is 2. The van der Waals surface area contributed by atoms with E-state index in [1.807, 2.05) is 27.7 Å². The average molecular weight is 420 g/mol. The molecule has 1 fully saturated rings. The Labute approximate surface area is 179 Å². The Morgan fingerprint density at radius 3 is 1.77 bits per heavy atom. The van der Waals surface area contributed by atoms with Gasteiger partial charge in [0.25, 0.3) is 0 Å². The maximum absolute atomic E-state index is 13.0. The number of hydrogen-bond donors (Lipinski definition) is 0. The molecule has 9 heteroatoms. The van der Waals surface area contributed by atoms with Crippen LogP contribution < -0.4 is 10.4 Å². The van der Waals surface area contributed by atoms with Gasteiger partial charge in [-0.2, -0.15) is 4.90 Å². The summed E-state index contributed by atoms with van der Waals surface area (Å²) in [6.45, 7) is 18.0. The van der Waals surface area contributed by atoms with Crippen LogP contribution in [0.5, 0.6) is 0 Å². The highest BCUT2D eigenvalue weighted by atomic mass is 16.7. The highest BCUT2D eigenvalue weighted by molar-refractivity contribution is 6.64. The molecule has 0 spiro atoms. The number of imide groups is 1. The lowest BCUT2D eigenvalue weighted by Crippen LogP contribution is -2.48. The van der Waals surface area contributed by atoms with Gasteiger partial charge in [-0.05, 0) is 75.3 Å². The van der Waals surface area contributed by atoms with E-state index in [9.17, 15) is 9.59 Å². The van der Waals surface area contributed by atoms with Crippen molar-refractivity contribution in [1.82, 2.24) is 4.98 Å². The molecule has 0 atom stereocenters. The Bertz CT molecular complexity index is 766. The number of ether oxygens (including phenoxy) is 2. The molecule has 0 radical (unpaired) electrons. The molecule has 2 heterocycles. The van der Waals surface area contributed by atoms with Crippen LogP contribution in [0, 0.1) is 0 Å². The van der Waals surface area contributed by atoms with Crippen LogP contribution >= 0.6 is 0 Å². The standard InChI is InChI=1S/C21H33BN2O6/c1-18(2,3)27-16(25)24(17(26)28-19(4,5)6)15-14(12-11-13-23-15)22-29-20(7,8)21(9,10)30-22/h11-13H,1-10H3. The summed E-state index contributed by atoms with van der Waals surface area (Å²) in [4.78, 5) is 31.1. The first-order valence-electron chi connectivity index (χ1n) is 10.0. The fraction of sp³-hybridized carbons (Fsp3) is 0.667. The first kappa shape index (κ1) is 24.1. The lowest BCUT2D eigenvalue weighted by atomic mass is 9.79. The van der Waals surface area contributed by atoms with Gasteiger partial charge in [-0.25, -0.2) is 14.6 Å².